The molecule has 0 aromatic heterocycles. The highest BCUT2D eigenvalue weighted by Gasteiger charge is 2.13. The van der Waals surface area contributed by atoms with Crippen molar-refractivity contribution in [3.8, 4) is 5.75 Å². The van der Waals surface area contributed by atoms with Crippen LogP contribution in [0.3, 0.4) is 0 Å². The highest BCUT2D eigenvalue weighted by molar-refractivity contribution is 6.01. The highest BCUT2D eigenvalue weighted by atomic mass is 16.5. The maximum absolute atomic E-state index is 12.1. The molecule has 0 saturated heterocycles. The summed E-state index contributed by atoms with van der Waals surface area (Å²) >= 11 is 0. The molecule has 2 rings (SSSR count). The first-order valence-corrected chi connectivity index (χ1v) is 7.74. The van der Waals surface area contributed by atoms with Crippen molar-refractivity contribution in [3.05, 3.63) is 59.7 Å². The standard InChI is InChI=1S/C19H19NO5/c1-13(21)25-15-10-7-14(8-11-15)9-12-18(22)20-17-6-4-3-5-16(17)19(23)24-2/h3-8,10-11H,9,12H2,1-2H3,(H,20,22). The Balaban J connectivity index is 1.93. The van der Waals surface area contributed by atoms with Gasteiger partial charge in [-0.1, -0.05) is 24.3 Å². The summed E-state index contributed by atoms with van der Waals surface area (Å²) in [6, 6.07) is 13.6. The third-order valence-electron chi connectivity index (χ3n) is 3.43. The van der Waals surface area contributed by atoms with E-state index >= 15 is 0 Å². The molecular formula is C19H19NO5. The molecule has 0 fully saturated rings. The fourth-order valence-electron chi connectivity index (χ4n) is 2.24. The topological polar surface area (TPSA) is 81.7 Å². The summed E-state index contributed by atoms with van der Waals surface area (Å²) in [5.41, 5.74) is 1.67. The summed E-state index contributed by atoms with van der Waals surface area (Å²) in [5, 5.41) is 2.72. The van der Waals surface area contributed by atoms with Crippen LogP contribution in [-0.2, 0) is 20.7 Å². The van der Waals surface area contributed by atoms with E-state index in [1.165, 1.54) is 14.0 Å². The molecule has 130 valence electrons. The molecule has 0 aliphatic carbocycles. The van der Waals surface area contributed by atoms with Gasteiger partial charge < -0.3 is 14.8 Å². The van der Waals surface area contributed by atoms with Gasteiger partial charge in [0.25, 0.3) is 0 Å². The van der Waals surface area contributed by atoms with Crippen LogP contribution >= 0.6 is 0 Å². The Morgan fingerprint density at radius 1 is 1.00 bits per heavy atom. The molecule has 6 nitrogen and oxygen atoms in total. The van der Waals surface area contributed by atoms with Crippen molar-refractivity contribution in [3.63, 3.8) is 0 Å². The fourth-order valence-corrected chi connectivity index (χ4v) is 2.24. The molecule has 0 bridgehead atoms. The van der Waals surface area contributed by atoms with Gasteiger partial charge in [0, 0.05) is 13.3 Å². The summed E-state index contributed by atoms with van der Waals surface area (Å²) in [5.74, 6) is -0.624. The van der Waals surface area contributed by atoms with E-state index in [2.05, 4.69) is 5.32 Å². The number of esters is 2. The quantitative estimate of drug-likeness (QED) is 0.645. The van der Waals surface area contributed by atoms with Crippen LogP contribution < -0.4 is 10.1 Å². The van der Waals surface area contributed by atoms with E-state index in [-0.39, 0.29) is 18.3 Å². The number of amides is 1. The van der Waals surface area contributed by atoms with E-state index in [0.717, 1.165) is 5.56 Å². The molecule has 25 heavy (non-hydrogen) atoms. The average molecular weight is 341 g/mol. The normalized spacial score (nSPS) is 10.0. The number of hydrogen-bond acceptors (Lipinski definition) is 5. The summed E-state index contributed by atoms with van der Waals surface area (Å²) < 4.78 is 9.66. The second-order valence-corrected chi connectivity index (χ2v) is 5.32. The lowest BCUT2D eigenvalue weighted by molar-refractivity contribution is -0.131. The summed E-state index contributed by atoms with van der Waals surface area (Å²) in [7, 11) is 1.29. The van der Waals surface area contributed by atoms with Gasteiger partial charge in [0.15, 0.2) is 0 Å². The fraction of sp³-hybridized carbons (Fsp3) is 0.211. The Kier molecular flexibility index (Phi) is 6.28. The Labute approximate surface area is 145 Å². The zero-order chi connectivity index (χ0) is 18.2. The second kappa shape index (κ2) is 8.63. The van der Waals surface area contributed by atoms with Crippen molar-refractivity contribution in [1.82, 2.24) is 0 Å². The third kappa shape index (κ3) is 5.46. The molecule has 0 spiro atoms. The number of ether oxygens (including phenoxy) is 2. The van der Waals surface area contributed by atoms with E-state index in [0.29, 0.717) is 23.4 Å². The first kappa shape index (κ1) is 18.2. The number of aryl methyl sites for hydroxylation is 1. The van der Waals surface area contributed by atoms with Crippen molar-refractivity contribution in [1.29, 1.82) is 0 Å². The lowest BCUT2D eigenvalue weighted by Gasteiger charge is -2.09. The number of carbonyl (C=O) groups excluding carboxylic acids is 3. The molecule has 1 amide bonds. The Morgan fingerprint density at radius 2 is 1.68 bits per heavy atom. The van der Waals surface area contributed by atoms with Crippen LogP contribution in [0.25, 0.3) is 0 Å². The van der Waals surface area contributed by atoms with Crippen LogP contribution in [0.4, 0.5) is 5.69 Å². The molecule has 0 aliphatic heterocycles. The van der Waals surface area contributed by atoms with Gasteiger partial charge in [-0.15, -0.1) is 0 Å². The van der Waals surface area contributed by atoms with Crippen molar-refractivity contribution in [2.24, 2.45) is 0 Å². The first-order valence-electron chi connectivity index (χ1n) is 7.74. The van der Waals surface area contributed by atoms with Crippen LogP contribution in [0.1, 0.15) is 29.3 Å². The van der Waals surface area contributed by atoms with E-state index in [1.54, 1.807) is 48.5 Å². The Hall–Kier alpha value is -3.15. The van der Waals surface area contributed by atoms with E-state index < -0.39 is 5.97 Å². The molecule has 0 unspecified atom stereocenters. The monoisotopic (exact) mass is 341 g/mol. The summed E-state index contributed by atoms with van der Waals surface area (Å²) in [6.45, 7) is 1.34. The number of hydrogen-bond donors (Lipinski definition) is 1. The average Bonchev–Trinajstić information content (AvgIpc) is 2.60. The number of methoxy groups -OCH3 is 1. The lowest BCUT2D eigenvalue weighted by Crippen LogP contribution is -2.15. The van der Waals surface area contributed by atoms with E-state index in [1.807, 2.05) is 0 Å². The van der Waals surface area contributed by atoms with Crippen LogP contribution in [-0.4, -0.2) is 25.0 Å². The molecule has 0 saturated carbocycles. The van der Waals surface area contributed by atoms with Gasteiger partial charge in [0.05, 0.1) is 18.4 Å². The van der Waals surface area contributed by atoms with Crippen LogP contribution in [0.2, 0.25) is 0 Å². The third-order valence-corrected chi connectivity index (χ3v) is 3.43. The minimum Gasteiger partial charge on any atom is -0.465 e. The summed E-state index contributed by atoms with van der Waals surface area (Å²) in [4.78, 5) is 34.7. The number of para-hydroxylation sites is 1. The Morgan fingerprint density at radius 3 is 2.32 bits per heavy atom. The van der Waals surface area contributed by atoms with Crippen LogP contribution in [0.15, 0.2) is 48.5 Å². The molecule has 6 heteroatoms. The van der Waals surface area contributed by atoms with Gasteiger partial charge in [0.1, 0.15) is 5.75 Å². The molecule has 0 heterocycles. The largest absolute Gasteiger partial charge is 0.465 e. The number of benzene rings is 2. The molecule has 2 aromatic rings. The zero-order valence-corrected chi connectivity index (χ0v) is 14.1. The van der Waals surface area contributed by atoms with Crippen molar-refractivity contribution < 1.29 is 23.9 Å². The predicted octanol–water partition coefficient (Wildman–Crippen LogP) is 2.97. The van der Waals surface area contributed by atoms with Gasteiger partial charge in [-0.25, -0.2) is 4.79 Å². The summed E-state index contributed by atoms with van der Waals surface area (Å²) in [6.07, 6.45) is 0.773. The lowest BCUT2D eigenvalue weighted by atomic mass is 10.1. The molecule has 0 aliphatic rings. The van der Waals surface area contributed by atoms with Gasteiger partial charge in [-0.2, -0.15) is 0 Å². The number of anilines is 1. The van der Waals surface area contributed by atoms with Gasteiger partial charge in [-0.05, 0) is 36.2 Å². The van der Waals surface area contributed by atoms with Crippen molar-refractivity contribution >= 4 is 23.5 Å². The van der Waals surface area contributed by atoms with Crippen LogP contribution in [0.5, 0.6) is 5.75 Å². The zero-order valence-electron chi connectivity index (χ0n) is 14.1. The van der Waals surface area contributed by atoms with E-state index in [9.17, 15) is 14.4 Å². The Bertz CT molecular complexity index is 768. The minimum atomic E-state index is -0.503. The van der Waals surface area contributed by atoms with Crippen molar-refractivity contribution in [2.75, 3.05) is 12.4 Å². The SMILES string of the molecule is COC(=O)c1ccccc1NC(=O)CCc1ccc(OC(C)=O)cc1. The van der Waals surface area contributed by atoms with Gasteiger partial charge in [0.2, 0.25) is 5.91 Å². The highest BCUT2D eigenvalue weighted by Crippen LogP contribution is 2.17. The maximum atomic E-state index is 12.1. The molecule has 0 radical (unpaired) electrons. The smallest absolute Gasteiger partial charge is 0.339 e. The maximum Gasteiger partial charge on any atom is 0.339 e. The van der Waals surface area contributed by atoms with Crippen molar-refractivity contribution in [2.45, 2.75) is 19.8 Å². The molecule has 2 aromatic carbocycles. The predicted molar refractivity (Wildman–Crippen MR) is 92.5 cm³/mol. The number of nitrogens with one attached hydrogen (secondary N) is 1. The first-order chi connectivity index (χ1) is 12.0. The number of carbonyl (C=O) groups is 3. The molecule has 1 N–H and O–H groups in total. The minimum absolute atomic E-state index is 0.208. The molecule has 0 atom stereocenters. The molecular weight excluding hydrogens is 322 g/mol. The number of rotatable bonds is 6. The van der Waals surface area contributed by atoms with Crippen LogP contribution in [0, 0.1) is 0 Å². The van der Waals surface area contributed by atoms with E-state index in [4.69, 9.17) is 9.47 Å². The van der Waals surface area contributed by atoms with Gasteiger partial charge in [-0.3, -0.25) is 9.59 Å². The van der Waals surface area contributed by atoms with Gasteiger partial charge >= 0.3 is 11.9 Å². The second-order valence-electron chi connectivity index (χ2n) is 5.32.